The third kappa shape index (κ3) is 6.28. The lowest BCUT2D eigenvalue weighted by molar-refractivity contribution is -0.123. The summed E-state index contributed by atoms with van der Waals surface area (Å²) in [5, 5.41) is 4.12. The van der Waals surface area contributed by atoms with Crippen molar-refractivity contribution in [3.05, 3.63) is 71.5 Å². The Morgan fingerprint density at radius 2 is 1.84 bits per heavy atom. The first kappa shape index (κ1) is 24.8. The van der Waals surface area contributed by atoms with E-state index < -0.39 is 40.4 Å². The van der Waals surface area contributed by atoms with Gasteiger partial charge in [-0.15, -0.1) is 6.58 Å². The van der Waals surface area contributed by atoms with Crippen LogP contribution < -0.4 is 14.9 Å². The Bertz CT molecular complexity index is 1140. The van der Waals surface area contributed by atoms with Crippen molar-refractivity contribution in [2.24, 2.45) is 0 Å². The Hall–Kier alpha value is -3.44. The fourth-order valence-electron chi connectivity index (χ4n) is 2.35. The highest BCUT2D eigenvalue weighted by Gasteiger charge is 2.24. The average molecular weight is 484 g/mol. The van der Waals surface area contributed by atoms with E-state index in [1.165, 1.54) is 37.4 Å². The summed E-state index contributed by atoms with van der Waals surface area (Å²) in [6.07, 6.45) is 1.40. The number of rotatable bonds is 8. The molecule has 0 saturated carbocycles. The van der Waals surface area contributed by atoms with Gasteiger partial charge in [-0.25, -0.2) is 22.4 Å². The third-order valence-corrected chi connectivity index (χ3v) is 6.11. The highest BCUT2D eigenvalue weighted by Crippen LogP contribution is 2.26. The molecule has 0 heterocycles. The second kappa shape index (κ2) is 10.7. The Labute approximate surface area is 188 Å². The molecule has 0 aliphatic heterocycles. The van der Waals surface area contributed by atoms with Gasteiger partial charge in [0.15, 0.2) is 6.61 Å². The van der Waals surface area contributed by atoms with Crippen LogP contribution in [-0.4, -0.2) is 46.5 Å². The first-order chi connectivity index (χ1) is 15.1. The van der Waals surface area contributed by atoms with Crippen LogP contribution in [0.25, 0.3) is 0 Å². The van der Waals surface area contributed by atoms with Crippen molar-refractivity contribution in [2.75, 3.05) is 24.5 Å². The number of carbonyl (C=O) groups excluding carboxylic acids is 3. The SMILES string of the molecule is C=CCNC(=O)NC(=O)COC(=O)c1cc(S(=O)(=O)N(C)c2ccc(F)cc2)ccc1Cl. The highest BCUT2D eigenvalue weighted by molar-refractivity contribution is 7.92. The second-order valence-corrected chi connectivity index (χ2v) is 8.59. The second-order valence-electron chi connectivity index (χ2n) is 6.21. The molecule has 0 bridgehead atoms. The van der Waals surface area contributed by atoms with Gasteiger partial charge in [0.1, 0.15) is 5.82 Å². The third-order valence-electron chi connectivity index (χ3n) is 4.00. The zero-order valence-corrected chi connectivity index (χ0v) is 18.4. The molecule has 0 fully saturated rings. The summed E-state index contributed by atoms with van der Waals surface area (Å²) >= 11 is 5.99. The summed E-state index contributed by atoms with van der Waals surface area (Å²) < 4.78 is 44.6. The number of hydrogen-bond donors (Lipinski definition) is 2. The van der Waals surface area contributed by atoms with Crippen molar-refractivity contribution in [2.45, 2.75) is 4.90 Å². The summed E-state index contributed by atoms with van der Waals surface area (Å²) in [5.74, 6) is -2.51. The van der Waals surface area contributed by atoms with Crippen LogP contribution in [0.4, 0.5) is 14.9 Å². The molecular weight excluding hydrogens is 465 g/mol. The lowest BCUT2D eigenvalue weighted by Crippen LogP contribution is -2.41. The number of amides is 3. The molecule has 0 aliphatic carbocycles. The van der Waals surface area contributed by atoms with E-state index in [4.69, 9.17) is 16.3 Å². The fraction of sp³-hybridized carbons (Fsp3) is 0.150. The van der Waals surface area contributed by atoms with Gasteiger partial charge in [-0.05, 0) is 42.5 Å². The number of nitrogens with one attached hydrogen (secondary N) is 2. The molecular formula is C20H19ClFN3O6S. The minimum Gasteiger partial charge on any atom is -0.452 e. The van der Waals surface area contributed by atoms with Crippen LogP contribution in [0, 0.1) is 5.82 Å². The van der Waals surface area contributed by atoms with Crippen LogP contribution in [0.5, 0.6) is 0 Å². The zero-order chi connectivity index (χ0) is 23.9. The molecule has 2 N–H and O–H groups in total. The van der Waals surface area contributed by atoms with Gasteiger partial charge in [-0.3, -0.25) is 14.4 Å². The molecule has 0 unspecified atom stereocenters. The van der Waals surface area contributed by atoms with Gasteiger partial charge in [-0.1, -0.05) is 17.7 Å². The number of sulfonamides is 1. The van der Waals surface area contributed by atoms with Gasteiger partial charge in [0.2, 0.25) is 0 Å². The van der Waals surface area contributed by atoms with E-state index in [0.717, 1.165) is 22.5 Å². The maximum Gasteiger partial charge on any atom is 0.340 e. The molecule has 3 amide bonds. The van der Waals surface area contributed by atoms with Gasteiger partial charge in [0.25, 0.3) is 15.9 Å². The Kier molecular flexibility index (Phi) is 8.33. The number of urea groups is 1. The number of nitrogens with zero attached hydrogens (tertiary/aromatic N) is 1. The van der Waals surface area contributed by atoms with E-state index >= 15 is 0 Å². The molecule has 12 heteroatoms. The largest absolute Gasteiger partial charge is 0.452 e. The number of anilines is 1. The number of halogens is 2. The molecule has 2 aromatic rings. The quantitative estimate of drug-likeness (QED) is 0.439. The van der Waals surface area contributed by atoms with E-state index in [1.807, 2.05) is 5.32 Å². The van der Waals surface area contributed by atoms with Crippen LogP contribution in [-0.2, 0) is 19.6 Å². The van der Waals surface area contributed by atoms with Crippen molar-refractivity contribution < 1.29 is 31.9 Å². The van der Waals surface area contributed by atoms with Crippen LogP contribution in [0.1, 0.15) is 10.4 Å². The molecule has 0 radical (unpaired) electrons. The number of benzene rings is 2. The molecule has 0 aliphatic rings. The van der Waals surface area contributed by atoms with Crippen molar-refractivity contribution in [3.8, 4) is 0 Å². The molecule has 32 heavy (non-hydrogen) atoms. The van der Waals surface area contributed by atoms with Crippen molar-refractivity contribution in [1.82, 2.24) is 10.6 Å². The number of carbonyl (C=O) groups is 3. The molecule has 0 aromatic heterocycles. The van der Waals surface area contributed by atoms with Gasteiger partial charge in [-0.2, -0.15) is 0 Å². The first-order valence-corrected chi connectivity index (χ1v) is 10.8. The fourth-order valence-corrected chi connectivity index (χ4v) is 3.77. The molecule has 2 rings (SSSR count). The van der Waals surface area contributed by atoms with Crippen LogP contribution in [0.2, 0.25) is 5.02 Å². The van der Waals surface area contributed by atoms with Gasteiger partial charge in [0, 0.05) is 13.6 Å². The molecule has 0 saturated heterocycles. The van der Waals surface area contributed by atoms with E-state index in [1.54, 1.807) is 0 Å². The number of esters is 1. The van der Waals surface area contributed by atoms with Gasteiger partial charge < -0.3 is 10.1 Å². The minimum absolute atomic E-state index is 0.109. The number of imide groups is 1. The Balaban J connectivity index is 2.14. The van der Waals surface area contributed by atoms with E-state index in [0.29, 0.717) is 0 Å². The van der Waals surface area contributed by atoms with Gasteiger partial charge >= 0.3 is 12.0 Å². The lowest BCUT2D eigenvalue weighted by atomic mass is 10.2. The van der Waals surface area contributed by atoms with Crippen molar-refractivity contribution >= 4 is 45.2 Å². The highest BCUT2D eigenvalue weighted by atomic mass is 35.5. The summed E-state index contributed by atoms with van der Waals surface area (Å²) in [7, 11) is -2.87. The van der Waals surface area contributed by atoms with Crippen LogP contribution in [0.3, 0.4) is 0 Å². The van der Waals surface area contributed by atoms with E-state index in [-0.39, 0.29) is 27.7 Å². The molecule has 170 valence electrons. The standard InChI is InChI=1S/C20H19ClFN3O6S/c1-3-10-23-20(28)24-18(26)12-31-19(27)16-11-15(8-9-17(16)21)32(29,30)25(2)14-6-4-13(22)5-7-14/h3-9,11H,1,10,12H2,2H3,(H2,23,24,26,28). The Morgan fingerprint density at radius 1 is 1.19 bits per heavy atom. The molecule has 9 nitrogen and oxygen atoms in total. The normalized spacial score (nSPS) is 10.7. The summed E-state index contributed by atoms with van der Waals surface area (Å²) in [4.78, 5) is 35.1. The zero-order valence-electron chi connectivity index (χ0n) is 16.8. The molecule has 0 spiro atoms. The van der Waals surface area contributed by atoms with Crippen molar-refractivity contribution in [1.29, 1.82) is 0 Å². The lowest BCUT2D eigenvalue weighted by Gasteiger charge is -2.20. The van der Waals surface area contributed by atoms with E-state index in [2.05, 4.69) is 11.9 Å². The predicted molar refractivity (Wildman–Crippen MR) is 115 cm³/mol. The Morgan fingerprint density at radius 3 is 2.47 bits per heavy atom. The molecule has 0 atom stereocenters. The maximum atomic E-state index is 13.1. The number of hydrogen-bond acceptors (Lipinski definition) is 6. The molecule has 2 aromatic carbocycles. The average Bonchev–Trinajstić information content (AvgIpc) is 2.76. The topological polar surface area (TPSA) is 122 Å². The minimum atomic E-state index is -4.13. The van der Waals surface area contributed by atoms with Crippen LogP contribution in [0.15, 0.2) is 60.0 Å². The smallest absolute Gasteiger partial charge is 0.340 e. The summed E-state index contributed by atoms with van der Waals surface area (Å²) in [5.41, 5.74) is -0.110. The van der Waals surface area contributed by atoms with E-state index in [9.17, 15) is 27.2 Å². The van der Waals surface area contributed by atoms with Gasteiger partial charge in [0.05, 0.1) is 21.2 Å². The summed E-state index contributed by atoms with van der Waals surface area (Å²) in [6, 6.07) is 7.33. The number of ether oxygens (including phenoxy) is 1. The maximum absolute atomic E-state index is 13.1. The van der Waals surface area contributed by atoms with Crippen molar-refractivity contribution in [3.63, 3.8) is 0 Å². The predicted octanol–water partition coefficient (Wildman–Crippen LogP) is 2.47. The summed E-state index contributed by atoms with van der Waals surface area (Å²) in [6.45, 7) is 2.72. The first-order valence-electron chi connectivity index (χ1n) is 8.96. The van der Waals surface area contributed by atoms with Crippen LogP contribution >= 0.6 is 11.6 Å². The monoisotopic (exact) mass is 483 g/mol.